The van der Waals surface area contributed by atoms with E-state index in [1.165, 1.54) is 23.1 Å². The summed E-state index contributed by atoms with van der Waals surface area (Å²) in [5.41, 5.74) is 5.57. The molecular weight excluding hydrogens is 342 g/mol. The van der Waals surface area contributed by atoms with Gasteiger partial charge in [-0.1, -0.05) is 6.07 Å². The zero-order valence-electron chi connectivity index (χ0n) is 14.1. The molecule has 3 amide bonds. The van der Waals surface area contributed by atoms with Crippen LogP contribution >= 0.6 is 0 Å². The molecular formula is C17H21N3O4S. The number of nitrogens with zero attached hydrogens (tertiary/aromatic N) is 1. The van der Waals surface area contributed by atoms with Crippen LogP contribution in [0.4, 0.5) is 10.5 Å². The van der Waals surface area contributed by atoms with Gasteiger partial charge in [-0.05, 0) is 60.8 Å². The number of carbonyl (C=O) groups excluding carboxylic acids is 2. The van der Waals surface area contributed by atoms with Gasteiger partial charge < -0.3 is 10.2 Å². The highest BCUT2D eigenvalue weighted by Crippen LogP contribution is 2.38. The number of nitrogens with one attached hydrogen (secondary N) is 2. The van der Waals surface area contributed by atoms with Crippen LogP contribution in [0.5, 0.6) is 0 Å². The van der Waals surface area contributed by atoms with Crippen molar-refractivity contribution in [2.45, 2.75) is 43.8 Å². The number of hydrogen-bond donors (Lipinski definition) is 2. The van der Waals surface area contributed by atoms with Gasteiger partial charge in [0.1, 0.15) is 0 Å². The Morgan fingerprint density at radius 2 is 1.72 bits per heavy atom. The first-order valence-electron chi connectivity index (χ1n) is 8.61. The van der Waals surface area contributed by atoms with Gasteiger partial charge in [0.25, 0.3) is 0 Å². The minimum Gasteiger partial charge on any atom is -0.343 e. The van der Waals surface area contributed by atoms with Crippen molar-refractivity contribution in [3.63, 3.8) is 0 Å². The van der Waals surface area contributed by atoms with Gasteiger partial charge in [-0.25, -0.2) is 17.9 Å². The topological polar surface area (TPSA) is 95.6 Å². The largest absolute Gasteiger partial charge is 0.343 e. The lowest BCUT2D eigenvalue weighted by molar-refractivity contribution is -0.137. The van der Waals surface area contributed by atoms with Gasteiger partial charge in [0.2, 0.25) is 15.9 Å². The van der Waals surface area contributed by atoms with E-state index in [1.807, 2.05) is 4.72 Å². The summed E-state index contributed by atoms with van der Waals surface area (Å²) in [6.45, 7) is 0.109. The molecule has 3 aliphatic rings. The van der Waals surface area contributed by atoms with Crippen LogP contribution in [0.25, 0.3) is 0 Å². The Hall–Kier alpha value is -2.09. The van der Waals surface area contributed by atoms with Gasteiger partial charge >= 0.3 is 6.03 Å². The van der Waals surface area contributed by atoms with Crippen molar-refractivity contribution < 1.29 is 18.0 Å². The summed E-state index contributed by atoms with van der Waals surface area (Å²) >= 11 is 0. The number of urea groups is 1. The zero-order chi connectivity index (χ0) is 17.8. The number of aryl methyl sites for hydroxylation is 2. The van der Waals surface area contributed by atoms with Gasteiger partial charge in [0.05, 0.1) is 0 Å². The van der Waals surface area contributed by atoms with Crippen molar-refractivity contribution in [1.82, 2.24) is 9.62 Å². The standard InChI is InChI=1S/C17H21N3O4S/c1-20-9-14(16(20)21)25(23,24)19-17(22)18-15-12-6-2-4-10(12)8-11-5-3-7-13(11)15/h8,14H,2-7,9H2,1H3,(H2,18,19,22). The fraction of sp³-hybridized carbons (Fsp3) is 0.529. The Kier molecular flexibility index (Phi) is 3.75. The van der Waals surface area contributed by atoms with Gasteiger partial charge in [-0.2, -0.15) is 0 Å². The Morgan fingerprint density at radius 3 is 2.24 bits per heavy atom. The summed E-state index contributed by atoms with van der Waals surface area (Å²) in [7, 11) is -2.47. The maximum atomic E-state index is 12.3. The molecule has 2 aliphatic carbocycles. The third-order valence-corrected chi connectivity index (χ3v) is 6.98. The van der Waals surface area contributed by atoms with Crippen molar-refractivity contribution in [3.05, 3.63) is 28.3 Å². The molecule has 1 fully saturated rings. The molecule has 134 valence electrons. The van der Waals surface area contributed by atoms with Gasteiger partial charge in [0, 0.05) is 19.3 Å². The lowest BCUT2D eigenvalue weighted by Gasteiger charge is -2.34. The first-order chi connectivity index (χ1) is 11.9. The highest BCUT2D eigenvalue weighted by molar-refractivity contribution is 7.91. The summed E-state index contributed by atoms with van der Waals surface area (Å²) in [6, 6.07) is 1.46. The number of sulfonamides is 1. The predicted octanol–water partition coefficient (Wildman–Crippen LogP) is 0.956. The van der Waals surface area contributed by atoms with Crippen LogP contribution in [0.3, 0.4) is 0 Å². The van der Waals surface area contributed by atoms with Crippen LogP contribution in [-0.2, 0) is 40.5 Å². The molecule has 1 atom stereocenters. The number of rotatable bonds is 3. The number of fused-ring (bicyclic) bond motifs is 2. The molecule has 0 aromatic heterocycles. The van der Waals surface area contributed by atoms with E-state index in [9.17, 15) is 18.0 Å². The van der Waals surface area contributed by atoms with E-state index in [0.717, 1.165) is 55.3 Å². The van der Waals surface area contributed by atoms with Crippen LogP contribution in [0.15, 0.2) is 6.07 Å². The van der Waals surface area contributed by atoms with E-state index in [0.29, 0.717) is 0 Å². The number of benzene rings is 1. The molecule has 1 aliphatic heterocycles. The average molecular weight is 363 g/mol. The number of amides is 3. The van der Waals surface area contributed by atoms with Gasteiger partial charge in [0.15, 0.2) is 5.25 Å². The van der Waals surface area contributed by atoms with E-state index in [2.05, 4.69) is 11.4 Å². The Bertz CT molecular complexity index is 846. The van der Waals surface area contributed by atoms with Crippen LogP contribution < -0.4 is 10.0 Å². The summed E-state index contributed by atoms with van der Waals surface area (Å²) < 4.78 is 26.4. The molecule has 0 spiro atoms. The molecule has 1 saturated heterocycles. The fourth-order valence-corrected chi connectivity index (χ4v) is 5.40. The summed E-state index contributed by atoms with van der Waals surface area (Å²) in [5.74, 6) is -0.484. The highest BCUT2D eigenvalue weighted by Gasteiger charge is 2.45. The normalized spacial score (nSPS) is 21.6. The summed E-state index contributed by atoms with van der Waals surface area (Å²) in [6.07, 6.45) is 5.90. The molecule has 1 aromatic carbocycles. The minimum absolute atomic E-state index is 0.109. The molecule has 7 nitrogen and oxygen atoms in total. The molecule has 0 radical (unpaired) electrons. The molecule has 1 aromatic rings. The average Bonchev–Trinajstić information content (AvgIpc) is 3.19. The third kappa shape index (κ3) is 2.68. The van der Waals surface area contributed by atoms with Crippen molar-refractivity contribution in [2.75, 3.05) is 18.9 Å². The Labute approximate surface area is 146 Å². The van der Waals surface area contributed by atoms with Crippen LogP contribution in [0.2, 0.25) is 0 Å². The highest BCUT2D eigenvalue weighted by atomic mass is 32.2. The number of anilines is 1. The van der Waals surface area contributed by atoms with Crippen LogP contribution in [0.1, 0.15) is 35.1 Å². The molecule has 8 heteroatoms. The first-order valence-corrected chi connectivity index (χ1v) is 10.2. The molecule has 0 bridgehead atoms. The van der Waals surface area contributed by atoms with E-state index >= 15 is 0 Å². The third-order valence-electron chi connectivity index (χ3n) is 5.41. The zero-order valence-corrected chi connectivity index (χ0v) is 14.9. The smallest absolute Gasteiger partial charge is 0.332 e. The molecule has 25 heavy (non-hydrogen) atoms. The Balaban J connectivity index is 1.55. The van der Waals surface area contributed by atoms with E-state index in [4.69, 9.17) is 0 Å². The molecule has 1 heterocycles. The fourth-order valence-electron chi connectivity index (χ4n) is 4.09. The second kappa shape index (κ2) is 5.72. The van der Waals surface area contributed by atoms with Gasteiger partial charge in [-0.3, -0.25) is 4.79 Å². The summed E-state index contributed by atoms with van der Waals surface area (Å²) in [4.78, 5) is 25.3. The van der Waals surface area contributed by atoms with Crippen LogP contribution in [-0.4, -0.2) is 44.1 Å². The Morgan fingerprint density at radius 1 is 1.12 bits per heavy atom. The van der Waals surface area contributed by atoms with Gasteiger partial charge in [-0.15, -0.1) is 0 Å². The number of carbonyl (C=O) groups is 2. The second-order valence-corrected chi connectivity index (χ2v) is 8.91. The maximum absolute atomic E-state index is 12.3. The van der Waals surface area contributed by atoms with Crippen molar-refractivity contribution in [1.29, 1.82) is 0 Å². The van der Waals surface area contributed by atoms with Crippen molar-refractivity contribution in [2.24, 2.45) is 0 Å². The maximum Gasteiger partial charge on any atom is 0.332 e. The SMILES string of the molecule is CN1CC(S(=O)(=O)NC(=O)Nc2c3c(cc4c2CCC4)CCC3)C1=O. The number of hydrogen-bond acceptors (Lipinski definition) is 4. The number of β-lactam (4-membered cyclic amide) rings is 1. The van der Waals surface area contributed by atoms with Crippen molar-refractivity contribution >= 4 is 27.6 Å². The van der Waals surface area contributed by atoms with Crippen molar-refractivity contribution in [3.8, 4) is 0 Å². The first kappa shape index (κ1) is 16.4. The lowest BCUT2D eigenvalue weighted by Crippen LogP contribution is -2.61. The molecule has 0 saturated carbocycles. The molecule has 1 unspecified atom stereocenters. The van der Waals surface area contributed by atoms with E-state index in [-0.39, 0.29) is 6.54 Å². The second-order valence-electron chi connectivity index (χ2n) is 7.04. The quantitative estimate of drug-likeness (QED) is 0.782. The molecule has 4 rings (SSSR count). The predicted molar refractivity (Wildman–Crippen MR) is 93.0 cm³/mol. The van der Waals surface area contributed by atoms with E-state index in [1.54, 1.807) is 0 Å². The number of likely N-dealkylation sites (tertiary alicyclic amines) is 1. The van der Waals surface area contributed by atoms with E-state index < -0.39 is 27.2 Å². The monoisotopic (exact) mass is 363 g/mol. The molecule has 2 N–H and O–H groups in total. The van der Waals surface area contributed by atoms with Crippen LogP contribution in [0, 0.1) is 0 Å². The minimum atomic E-state index is -4.01. The lowest BCUT2D eigenvalue weighted by atomic mass is 9.99. The summed E-state index contributed by atoms with van der Waals surface area (Å²) in [5, 5.41) is 1.60.